The molecule has 2 rings (SSSR count). The zero-order valence-corrected chi connectivity index (χ0v) is 16.2. The van der Waals surface area contributed by atoms with Crippen molar-refractivity contribution >= 4 is 6.08 Å². The summed E-state index contributed by atoms with van der Waals surface area (Å²) in [5.41, 5.74) is 1.08. The van der Waals surface area contributed by atoms with Gasteiger partial charge in [0.1, 0.15) is 5.75 Å². The molecular weight excluding hydrogens is 326 g/mol. The van der Waals surface area contributed by atoms with Gasteiger partial charge in [0.15, 0.2) is 0 Å². The van der Waals surface area contributed by atoms with E-state index in [4.69, 9.17) is 14.7 Å². The fourth-order valence-corrected chi connectivity index (χ4v) is 3.29. The Morgan fingerprint density at radius 1 is 1.08 bits per heavy atom. The molecule has 146 valence electrons. The number of hydrogen-bond acceptors (Lipinski definition) is 4. The van der Waals surface area contributed by atoms with Gasteiger partial charge in [-0.05, 0) is 37.0 Å². The van der Waals surface area contributed by atoms with Gasteiger partial charge in [-0.15, -0.1) is 0 Å². The maximum atomic E-state index is 8.76. The topological polar surface area (TPSA) is 41.9 Å². The van der Waals surface area contributed by atoms with Gasteiger partial charge in [0.25, 0.3) is 0 Å². The Labute approximate surface area is 158 Å². The Hall–Kier alpha value is -1.36. The highest BCUT2D eigenvalue weighted by molar-refractivity contribution is 5.50. The van der Waals surface area contributed by atoms with Crippen LogP contribution in [-0.4, -0.2) is 43.1 Å². The quantitative estimate of drug-likeness (QED) is 0.511. The maximum absolute atomic E-state index is 8.76. The highest BCUT2D eigenvalue weighted by atomic mass is 16.7. The van der Waals surface area contributed by atoms with Crippen LogP contribution in [0.3, 0.4) is 0 Å². The summed E-state index contributed by atoms with van der Waals surface area (Å²) in [4.78, 5) is 5.70. The third-order valence-electron chi connectivity index (χ3n) is 4.83. The molecule has 1 fully saturated rings. The Kier molecular flexibility index (Phi) is 10.4. The highest BCUT2D eigenvalue weighted by Gasteiger charge is 2.19. The van der Waals surface area contributed by atoms with Gasteiger partial charge in [0, 0.05) is 13.6 Å². The van der Waals surface area contributed by atoms with Gasteiger partial charge < -0.3 is 9.84 Å². The molecule has 1 heterocycles. The van der Waals surface area contributed by atoms with Crippen LogP contribution in [0.2, 0.25) is 0 Å². The molecule has 0 spiro atoms. The fourth-order valence-electron chi connectivity index (χ4n) is 3.29. The Bertz CT molecular complexity index is 501. The van der Waals surface area contributed by atoms with Crippen molar-refractivity contribution in [1.82, 2.24) is 5.06 Å². The van der Waals surface area contributed by atoms with Crippen LogP contribution in [0.1, 0.15) is 63.4 Å². The van der Waals surface area contributed by atoms with Crippen LogP contribution in [-0.2, 0) is 4.84 Å². The van der Waals surface area contributed by atoms with Crippen molar-refractivity contribution in [3.05, 3.63) is 35.9 Å². The van der Waals surface area contributed by atoms with Crippen LogP contribution in [0.4, 0.5) is 0 Å². The standard InChI is InChI=1S/C22H35NO3/c1-23-17-16-22(26-23)11-7-5-3-2-4-6-8-19-25-21-14-12-20(13-15-21)10-9-18-24/h9-10,12-15,22,24H,2-8,11,16-19H2,1H3. The zero-order chi connectivity index (χ0) is 18.5. The van der Waals surface area contributed by atoms with E-state index in [1.165, 1.54) is 51.4 Å². The summed E-state index contributed by atoms with van der Waals surface area (Å²) >= 11 is 0. The SMILES string of the molecule is CN1CCC(CCCCCCCCCOc2ccc(C=CCO)cc2)O1. The van der Waals surface area contributed by atoms with Crippen LogP contribution >= 0.6 is 0 Å². The number of hydrogen-bond donors (Lipinski definition) is 1. The van der Waals surface area contributed by atoms with Crippen molar-refractivity contribution < 1.29 is 14.7 Å². The number of aliphatic hydroxyl groups excluding tert-OH is 1. The molecule has 0 radical (unpaired) electrons. The monoisotopic (exact) mass is 361 g/mol. The molecule has 1 unspecified atom stereocenters. The van der Waals surface area contributed by atoms with Gasteiger partial charge in [0.2, 0.25) is 0 Å². The van der Waals surface area contributed by atoms with Crippen LogP contribution in [0.5, 0.6) is 5.75 Å². The number of benzene rings is 1. The highest BCUT2D eigenvalue weighted by Crippen LogP contribution is 2.18. The first kappa shape index (κ1) is 20.9. The van der Waals surface area contributed by atoms with Crippen molar-refractivity contribution in [3.63, 3.8) is 0 Å². The summed E-state index contributed by atoms with van der Waals surface area (Å²) in [5, 5.41) is 10.7. The van der Waals surface area contributed by atoms with Crippen molar-refractivity contribution in [2.45, 2.75) is 63.9 Å². The van der Waals surface area contributed by atoms with E-state index in [0.29, 0.717) is 6.10 Å². The van der Waals surface area contributed by atoms with Gasteiger partial charge >= 0.3 is 0 Å². The molecule has 0 aromatic heterocycles. The maximum Gasteiger partial charge on any atom is 0.119 e. The summed E-state index contributed by atoms with van der Waals surface area (Å²) in [6.07, 6.45) is 15.5. The number of ether oxygens (including phenoxy) is 1. The lowest BCUT2D eigenvalue weighted by atomic mass is 10.1. The molecule has 26 heavy (non-hydrogen) atoms. The lowest BCUT2D eigenvalue weighted by Crippen LogP contribution is -2.13. The Morgan fingerprint density at radius 2 is 1.77 bits per heavy atom. The molecule has 1 aromatic rings. The van der Waals surface area contributed by atoms with Gasteiger partial charge in [-0.1, -0.05) is 62.8 Å². The average molecular weight is 362 g/mol. The molecule has 1 aliphatic rings. The summed E-state index contributed by atoms with van der Waals surface area (Å²) in [6.45, 7) is 1.95. The van der Waals surface area contributed by atoms with Crippen LogP contribution < -0.4 is 4.74 Å². The molecule has 1 atom stereocenters. The van der Waals surface area contributed by atoms with E-state index < -0.39 is 0 Å². The lowest BCUT2D eigenvalue weighted by Gasteiger charge is -2.11. The van der Waals surface area contributed by atoms with E-state index in [-0.39, 0.29) is 6.61 Å². The van der Waals surface area contributed by atoms with E-state index in [1.54, 1.807) is 6.08 Å². The zero-order valence-electron chi connectivity index (χ0n) is 16.2. The molecular formula is C22H35NO3. The largest absolute Gasteiger partial charge is 0.494 e. The number of aliphatic hydroxyl groups is 1. The number of unbranched alkanes of at least 4 members (excludes halogenated alkanes) is 6. The van der Waals surface area contributed by atoms with Crippen LogP contribution in [0.15, 0.2) is 30.3 Å². The second-order valence-corrected chi connectivity index (χ2v) is 7.13. The molecule has 4 nitrogen and oxygen atoms in total. The van der Waals surface area contributed by atoms with Gasteiger partial charge in [-0.2, -0.15) is 5.06 Å². The number of nitrogens with zero attached hydrogens (tertiary/aromatic N) is 1. The van der Waals surface area contributed by atoms with Crippen molar-refractivity contribution in [3.8, 4) is 5.75 Å². The Balaban J connectivity index is 1.39. The van der Waals surface area contributed by atoms with Crippen molar-refractivity contribution in [2.24, 2.45) is 0 Å². The first-order valence-electron chi connectivity index (χ1n) is 10.2. The summed E-state index contributed by atoms with van der Waals surface area (Å²) in [5.74, 6) is 0.922. The fraction of sp³-hybridized carbons (Fsp3) is 0.636. The minimum absolute atomic E-state index is 0.0742. The van der Waals surface area contributed by atoms with E-state index in [2.05, 4.69) is 0 Å². The summed E-state index contributed by atoms with van der Waals surface area (Å²) in [7, 11) is 2.02. The minimum atomic E-state index is 0.0742. The van der Waals surface area contributed by atoms with Gasteiger partial charge in [-0.3, -0.25) is 4.84 Å². The Morgan fingerprint density at radius 3 is 2.42 bits per heavy atom. The third kappa shape index (κ3) is 8.84. The van der Waals surface area contributed by atoms with Crippen molar-refractivity contribution in [2.75, 3.05) is 26.8 Å². The third-order valence-corrected chi connectivity index (χ3v) is 4.83. The summed E-state index contributed by atoms with van der Waals surface area (Å²) in [6, 6.07) is 8.00. The van der Waals surface area contributed by atoms with Crippen LogP contribution in [0, 0.1) is 0 Å². The average Bonchev–Trinajstić information content (AvgIpc) is 3.07. The molecule has 1 saturated heterocycles. The first-order valence-corrected chi connectivity index (χ1v) is 10.2. The van der Waals surface area contributed by atoms with E-state index in [1.807, 2.05) is 42.5 Å². The second-order valence-electron chi connectivity index (χ2n) is 7.13. The smallest absolute Gasteiger partial charge is 0.119 e. The molecule has 0 saturated carbocycles. The van der Waals surface area contributed by atoms with E-state index >= 15 is 0 Å². The van der Waals surface area contributed by atoms with E-state index in [9.17, 15) is 0 Å². The molecule has 1 aliphatic heterocycles. The molecule has 1 aromatic carbocycles. The predicted octanol–water partition coefficient (Wildman–Crippen LogP) is 4.83. The van der Waals surface area contributed by atoms with Crippen LogP contribution in [0.25, 0.3) is 6.08 Å². The second kappa shape index (κ2) is 12.9. The van der Waals surface area contributed by atoms with Gasteiger partial charge in [0.05, 0.1) is 19.3 Å². The molecule has 0 aliphatic carbocycles. The predicted molar refractivity (Wildman–Crippen MR) is 107 cm³/mol. The minimum Gasteiger partial charge on any atom is -0.494 e. The number of hydroxylamine groups is 2. The molecule has 0 amide bonds. The number of rotatable bonds is 13. The van der Waals surface area contributed by atoms with Crippen molar-refractivity contribution in [1.29, 1.82) is 0 Å². The summed E-state index contributed by atoms with van der Waals surface area (Å²) < 4.78 is 5.78. The van der Waals surface area contributed by atoms with Gasteiger partial charge in [-0.25, -0.2) is 0 Å². The first-order chi connectivity index (χ1) is 12.8. The molecule has 1 N–H and O–H groups in total. The molecule has 0 bridgehead atoms. The molecule has 4 heteroatoms. The van der Waals surface area contributed by atoms with E-state index in [0.717, 1.165) is 30.9 Å². The lowest BCUT2D eigenvalue weighted by molar-refractivity contribution is -0.128. The normalized spacial score (nSPS) is 18.0.